The highest BCUT2D eigenvalue weighted by Gasteiger charge is 2.18. The molecule has 5 heteroatoms. The van der Waals surface area contributed by atoms with E-state index < -0.39 is 0 Å². The zero-order chi connectivity index (χ0) is 14.9. The molecule has 0 bridgehead atoms. The fraction of sp³-hybridized carbons (Fsp3) is 0.333. The van der Waals surface area contributed by atoms with Crippen LogP contribution in [0.3, 0.4) is 0 Å². The van der Waals surface area contributed by atoms with Gasteiger partial charge in [0.2, 0.25) is 0 Å². The van der Waals surface area contributed by atoms with Crippen LogP contribution < -0.4 is 5.43 Å². The third-order valence-corrected chi connectivity index (χ3v) is 4.83. The van der Waals surface area contributed by atoms with Crippen LogP contribution in [0.4, 0.5) is 0 Å². The molecule has 0 aliphatic carbocycles. The Morgan fingerprint density at radius 3 is 2.55 bits per heavy atom. The van der Waals surface area contributed by atoms with Gasteiger partial charge >= 0.3 is 0 Å². The smallest absolute Gasteiger partial charge is 0.266 e. The van der Waals surface area contributed by atoms with Gasteiger partial charge in [-0.1, -0.05) is 50.6 Å². The zero-order valence-corrected chi connectivity index (χ0v) is 13.5. The van der Waals surface area contributed by atoms with Crippen LogP contribution in [0.25, 0.3) is 10.1 Å². The van der Waals surface area contributed by atoms with Gasteiger partial charge in [-0.3, -0.25) is 4.79 Å². The molecule has 0 radical (unpaired) electrons. The maximum absolute atomic E-state index is 12.2. The minimum atomic E-state index is -0.264. The predicted octanol–water partition coefficient (Wildman–Crippen LogP) is 4.71. The Kier molecular flexibility index (Phi) is 4.16. The topological polar surface area (TPSA) is 41.5 Å². The molecule has 0 saturated carbocycles. The molecule has 106 valence electrons. The van der Waals surface area contributed by atoms with Crippen molar-refractivity contribution >= 4 is 44.6 Å². The van der Waals surface area contributed by atoms with Crippen LogP contribution in [-0.4, -0.2) is 11.6 Å². The summed E-state index contributed by atoms with van der Waals surface area (Å²) in [6.07, 6.45) is 0. The number of rotatable bonds is 2. The van der Waals surface area contributed by atoms with Gasteiger partial charge < -0.3 is 0 Å². The van der Waals surface area contributed by atoms with Gasteiger partial charge in [0.25, 0.3) is 5.91 Å². The zero-order valence-electron chi connectivity index (χ0n) is 12.0. The Labute approximate surface area is 127 Å². The lowest BCUT2D eigenvalue weighted by molar-refractivity contribution is 0.0958. The van der Waals surface area contributed by atoms with Gasteiger partial charge in [0, 0.05) is 21.2 Å². The second-order valence-electron chi connectivity index (χ2n) is 5.63. The number of amides is 1. The van der Waals surface area contributed by atoms with Crippen LogP contribution in [-0.2, 0) is 0 Å². The van der Waals surface area contributed by atoms with E-state index in [0.29, 0.717) is 9.90 Å². The van der Waals surface area contributed by atoms with Crippen LogP contribution in [0.1, 0.15) is 37.4 Å². The minimum Gasteiger partial charge on any atom is -0.266 e. The van der Waals surface area contributed by atoms with Crippen molar-refractivity contribution in [2.24, 2.45) is 10.5 Å². The van der Waals surface area contributed by atoms with E-state index in [1.54, 1.807) is 0 Å². The van der Waals surface area contributed by atoms with Gasteiger partial charge in [0.15, 0.2) is 0 Å². The van der Waals surface area contributed by atoms with Gasteiger partial charge in [-0.2, -0.15) is 5.10 Å². The summed E-state index contributed by atoms with van der Waals surface area (Å²) in [5, 5.41) is 5.54. The fourth-order valence-corrected chi connectivity index (χ4v) is 2.92. The second kappa shape index (κ2) is 5.54. The molecule has 0 unspecified atom stereocenters. The van der Waals surface area contributed by atoms with E-state index in [2.05, 4.69) is 10.5 Å². The molecule has 1 amide bonds. The Morgan fingerprint density at radius 2 is 1.95 bits per heavy atom. The summed E-state index contributed by atoms with van der Waals surface area (Å²) in [4.78, 5) is 12.7. The Morgan fingerprint density at radius 1 is 1.30 bits per heavy atom. The van der Waals surface area contributed by atoms with Crippen LogP contribution in [0.15, 0.2) is 29.4 Å². The summed E-state index contributed by atoms with van der Waals surface area (Å²) in [7, 11) is 0. The number of hydrazone groups is 1. The summed E-state index contributed by atoms with van der Waals surface area (Å²) in [6.45, 7) is 8.03. The molecule has 1 heterocycles. The van der Waals surface area contributed by atoms with E-state index in [0.717, 1.165) is 15.8 Å². The van der Waals surface area contributed by atoms with E-state index in [1.807, 2.05) is 52.0 Å². The van der Waals surface area contributed by atoms with Crippen molar-refractivity contribution in [2.45, 2.75) is 27.7 Å². The molecule has 2 aromatic rings. The van der Waals surface area contributed by atoms with Crippen molar-refractivity contribution in [3.63, 3.8) is 0 Å². The number of carbonyl (C=O) groups excluding carboxylic acids is 1. The van der Waals surface area contributed by atoms with Crippen molar-refractivity contribution in [3.05, 3.63) is 34.2 Å². The highest BCUT2D eigenvalue weighted by atomic mass is 35.5. The first kappa shape index (κ1) is 15.0. The summed E-state index contributed by atoms with van der Waals surface area (Å²) in [5.74, 6) is -0.264. The Bertz CT molecular complexity index is 683. The number of carbonyl (C=O) groups is 1. The molecule has 1 aromatic carbocycles. The molecular weight excluding hydrogens is 292 g/mol. The number of hydrogen-bond donors (Lipinski definition) is 1. The normalized spacial score (nSPS) is 12.8. The lowest BCUT2D eigenvalue weighted by Gasteiger charge is -2.17. The molecule has 0 aliphatic heterocycles. The first-order chi connectivity index (χ1) is 9.30. The highest BCUT2D eigenvalue weighted by molar-refractivity contribution is 7.21. The number of thiophene rings is 1. The number of halogens is 1. The molecule has 0 saturated heterocycles. The molecule has 0 spiro atoms. The third kappa shape index (κ3) is 3.02. The third-order valence-electron chi connectivity index (χ3n) is 3.15. The lowest BCUT2D eigenvalue weighted by atomic mass is 9.91. The minimum absolute atomic E-state index is 0.0722. The van der Waals surface area contributed by atoms with Crippen LogP contribution in [0.5, 0.6) is 0 Å². The number of fused-ring (bicyclic) bond motifs is 1. The largest absolute Gasteiger partial charge is 0.283 e. The second-order valence-corrected chi connectivity index (χ2v) is 7.06. The van der Waals surface area contributed by atoms with Crippen LogP contribution >= 0.6 is 22.9 Å². The van der Waals surface area contributed by atoms with Crippen molar-refractivity contribution in [2.75, 3.05) is 0 Å². The fourth-order valence-electron chi connectivity index (χ4n) is 1.51. The monoisotopic (exact) mass is 308 g/mol. The molecule has 20 heavy (non-hydrogen) atoms. The molecule has 2 rings (SSSR count). The predicted molar refractivity (Wildman–Crippen MR) is 86.9 cm³/mol. The molecule has 0 aliphatic rings. The SMILES string of the molecule is C/C(=N/NC(=O)c1sc2ccccc2c1Cl)C(C)(C)C. The van der Waals surface area contributed by atoms with Gasteiger partial charge in [-0.05, 0) is 13.0 Å². The Hall–Kier alpha value is -1.39. The Balaban J connectivity index is 2.27. The average Bonchev–Trinajstić information content (AvgIpc) is 2.72. The molecule has 0 fully saturated rings. The van der Waals surface area contributed by atoms with E-state index in [-0.39, 0.29) is 11.3 Å². The van der Waals surface area contributed by atoms with Crippen molar-refractivity contribution < 1.29 is 4.79 Å². The first-order valence-corrected chi connectivity index (χ1v) is 7.52. The van der Waals surface area contributed by atoms with E-state index in [4.69, 9.17) is 11.6 Å². The van der Waals surface area contributed by atoms with Gasteiger partial charge in [-0.15, -0.1) is 11.3 Å². The molecule has 0 atom stereocenters. The van der Waals surface area contributed by atoms with Crippen molar-refractivity contribution in [1.82, 2.24) is 5.43 Å². The summed E-state index contributed by atoms with van der Waals surface area (Å²) in [6, 6.07) is 7.70. The number of hydrogen-bond acceptors (Lipinski definition) is 3. The van der Waals surface area contributed by atoms with Gasteiger partial charge in [0.1, 0.15) is 4.88 Å². The van der Waals surface area contributed by atoms with Crippen molar-refractivity contribution in [3.8, 4) is 0 Å². The highest BCUT2D eigenvalue weighted by Crippen LogP contribution is 2.34. The van der Waals surface area contributed by atoms with Gasteiger partial charge in [-0.25, -0.2) is 5.43 Å². The maximum Gasteiger partial charge on any atom is 0.283 e. The summed E-state index contributed by atoms with van der Waals surface area (Å²) < 4.78 is 0.999. The molecule has 1 N–H and O–H groups in total. The molecular formula is C15H17ClN2OS. The average molecular weight is 309 g/mol. The van der Waals surface area contributed by atoms with E-state index >= 15 is 0 Å². The maximum atomic E-state index is 12.2. The van der Waals surface area contributed by atoms with E-state index in [9.17, 15) is 4.79 Å². The van der Waals surface area contributed by atoms with Gasteiger partial charge in [0.05, 0.1) is 5.02 Å². The molecule has 3 nitrogen and oxygen atoms in total. The van der Waals surface area contributed by atoms with Crippen LogP contribution in [0, 0.1) is 5.41 Å². The van der Waals surface area contributed by atoms with Crippen LogP contribution in [0.2, 0.25) is 5.02 Å². The standard InChI is InChI=1S/C15H17ClN2OS/c1-9(15(2,3)4)17-18-14(19)13-12(16)10-7-5-6-8-11(10)20-13/h5-8H,1-4H3,(H,18,19)/b17-9-. The quantitative estimate of drug-likeness (QED) is 0.633. The number of benzene rings is 1. The van der Waals surface area contributed by atoms with Crippen molar-refractivity contribution in [1.29, 1.82) is 0 Å². The lowest BCUT2D eigenvalue weighted by Crippen LogP contribution is -2.24. The van der Waals surface area contributed by atoms with E-state index in [1.165, 1.54) is 11.3 Å². The first-order valence-electron chi connectivity index (χ1n) is 6.33. The summed E-state index contributed by atoms with van der Waals surface area (Å²) >= 11 is 7.64. The molecule has 1 aromatic heterocycles. The number of nitrogens with zero attached hydrogens (tertiary/aromatic N) is 1. The summed E-state index contributed by atoms with van der Waals surface area (Å²) in [5.41, 5.74) is 3.37. The number of nitrogens with one attached hydrogen (secondary N) is 1.